The zero-order valence-electron chi connectivity index (χ0n) is 13.0. The second kappa shape index (κ2) is 6.94. The van der Waals surface area contributed by atoms with Gasteiger partial charge in [-0.25, -0.2) is 14.4 Å². The Kier molecular flexibility index (Phi) is 4.72. The summed E-state index contributed by atoms with van der Waals surface area (Å²) in [5, 5.41) is 8.77. The SMILES string of the molecule is CCOC(=O)OC[C@H]1O[C@@H](n2ccc(NO)nc2=O)[C@@H]2OC(=O)O[C@@H]21. The minimum atomic E-state index is -1.03. The second-order valence-electron chi connectivity index (χ2n) is 5.09. The molecular formula is C13H15N3O9. The Labute approximate surface area is 140 Å². The number of anilines is 1. The van der Waals surface area contributed by atoms with Gasteiger partial charge in [-0.3, -0.25) is 15.3 Å². The molecule has 12 heteroatoms. The number of fused-ring (bicyclic) bond motifs is 1. The molecule has 2 saturated heterocycles. The number of nitrogens with one attached hydrogen (secondary N) is 1. The second-order valence-corrected chi connectivity index (χ2v) is 5.09. The van der Waals surface area contributed by atoms with Crippen LogP contribution in [0.4, 0.5) is 15.4 Å². The van der Waals surface area contributed by atoms with Crippen LogP contribution in [0.5, 0.6) is 0 Å². The lowest BCUT2D eigenvalue weighted by Crippen LogP contribution is -2.34. The summed E-state index contributed by atoms with van der Waals surface area (Å²) < 4.78 is 26.3. The summed E-state index contributed by atoms with van der Waals surface area (Å²) in [5.74, 6) is -0.0577. The molecule has 3 rings (SSSR count). The fourth-order valence-corrected chi connectivity index (χ4v) is 2.56. The van der Waals surface area contributed by atoms with E-state index in [4.69, 9.17) is 24.2 Å². The molecule has 2 aliphatic heterocycles. The van der Waals surface area contributed by atoms with Crippen molar-refractivity contribution in [3.05, 3.63) is 22.7 Å². The normalized spacial score (nSPS) is 27.2. The van der Waals surface area contributed by atoms with E-state index in [-0.39, 0.29) is 19.0 Å². The van der Waals surface area contributed by atoms with Crippen molar-refractivity contribution < 1.29 is 38.5 Å². The van der Waals surface area contributed by atoms with E-state index in [1.54, 1.807) is 12.4 Å². The maximum atomic E-state index is 12.0. The standard InChI is InChI=1S/C13H15N3O9/c1-2-21-12(18)22-5-6-8-9(25-13(19)24-8)10(23-6)16-4-3-7(15-20)14-11(16)17/h3-4,6,8-10,20H,2,5H2,1H3,(H,14,15,17)/t6-,8-,9-,10-/m1/s1. The first-order chi connectivity index (χ1) is 12.0. The van der Waals surface area contributed by atoms with Crippen LogP contribution in [0.25, 0.3) is 0 Å². The van der Waals surface area contributed by atoms with Crippen molar-refractivity contribution in [3.8, 4) is 0 Å². The zero-order chi connectivity index (χ0) is 18.0. The third-order valence-electron chi connectivity index (χ3n) is 3.60. The summed E-state index contributed by atoms with van der Waals surface area (Å²) in [5.41, 5.74) is 0.994. The number of nitrogens with zero attached hydrogens (tertiary/aromatic N) is 2. The molecule has 3 heterocycles. The lowest BCUT2D eigenvalue weighted by Gasteiger charge is -2.18. The predicted molar refractivity (Wildman–Crippen MR) is 75.9 cm³/mol. The van der Waals surface area contributed by atoms with Gasteiger partial charge in [0.15, 0.2) is 24.3 Å². The largest absolute Gasteiger partial charge is 0.509 e. The molecule has 2 N–H and O–H groups in total. The van der Waals surface area contributed by atoms with Crippen molar-refractivity contribution in [2.45, 2.75) is 31.5 Å². The van der Waals surface area contributed by atoms with E-state index in [0.717, 1.165) is 4.57 Å². The molecule has 136 valence electrons. The van der Waals surface area contributed by atoms with Gasteiger partial charge in [-0.2, -0.15) is 4.98 Å². The number of hydrogen-bond donors (Lipinski definition) is 2. The first-order valence-electron chi connectivity index (χ1n) is 7.35. The molecule has 0 spiro atoms. The molecule has 0 radical (unpaired) electrons. The first kappa shape index (κ1) is 17.0. The topological polar surface area (TPSA) is 147 Å². The van der Waals surface area contributed by atoms with E-state index >= 15 is 0 Å². The molecule has 0 saturated carbocycles. The van der Waals surface area contributed by atoms with Crippen LogP contribution in [0.3, 0.4) is 0 Å². The van der Waals surface area contributed by atoms with Crippen molar-refractivity contribution >= 4 is 18.1 Å². The van der Waals surface area contributed by atoms with Crippen LogP contribution in [0, 0.1) is 0 Å². The minimum Gasteiger partial charge on any atom is -0.435 e. The van der Waals surface area contributed by atoms with Crippen molar-refractivity contribution in [3.63, 3.8) is 0 Å². The van der Waals surface area contributed by atoms with Gasteiger partial charge in [-0.1, -0.05) is 0 Å². The van der Waals surface area contributed by atoms with Gasteiger partial charge in [0.1, 0.15) is 12.7 Å². The smallest absolute Gasteiger partial charge is 0.435 e. The lowest BCUT2D eigenvalue weighted by atomic mass is 10.1. The highest BCUT2D eigenvalue weighted by atomic mass is 16.8. The van der Waals surface area contributed by atoms with Crippen molar-refractivity contribution in [1.82, 2.24) is 9.55 Å². The molecule has 12 nitrogen and oxygen atoms in total. The van der Waals surface area contributed by atoms with Crippen LogP contribution in [-0.4, -0.2) is 58.6 Å². The number of aromatic nitrogens is 2. The summed E-state index contributed by atoms with van der Waals surface area (Å²) in [6.45, 7) is 1.51. The van der Waals surface area contributed by atoms with Crippen molar-refractivity contribution in [1.29, 1.82) is 0 Å². The number of carbonyl (C=O) groups excluding carboxylic acids is 2. The average molecular weight is 357 g/mol. The summed E-state index contributed by atoms with van der Waals surface area (Å²) >= 11 is 0. The fourth-order valence-electron chi connectivity index (χ4n) is 2.56. The number of carbonyl (C=O) groups is 2. The predicted octanol–water partition coefficient (Wildman–Crippen LogP) is 0.0189. The zero-order valence-corrected chi connectivity index (χ0v) is 13.0. The number of hydrogen-bond acceptors (Lipinski definition) is 11. The molecule has 0 amide bonds. The highest BCUT2D eigenvalue weighted by Crippen LogP contribution is 2.37. The molecule has 25 heavy (non-hydrogen) atoms. The van der Waals surface area contributed by atoms with Gasteiger partial charge < -0.3 is 23.7 Å². The Bertz CT molecular complexity index is 721. The number of rotatable bonds is 5. The average Bonchev–Trinajstić information content (AvgIpc) is 3.11. The summed E-state index contributed by atoms with van der Waals surface area (Å²) in [6.07, 6.45) is -4.18. The van der Waals surface area contributed by atoms with Crippen LogP contribution >= 0.6 is 0 Å². The molecule has 0 unspecified atom stereocenters. The highest BCUT2D eigenvalue weighted by molar-refractivity contribution is 5.63. The fraction of sp³-hybridized carbons (Fsp3) is 0.538. The van der Waals surface area contributed by atoms with Gasteiger partial charge in [0.25, 0.3) is 0 Å². The number of ether oxygens (including phenoxy) is 5. The third-order valence-corrected chi connectivity index (χ3v) is 3.60. The van der Waals surface area contributed by atoms with Gasteiger partial charge in [-0.05, 0) is 13.0 Å². The van der Waals surface area contributed by atoms with E-state index in [1.165, 1.54) is 12.3 Å². The molecule has 0 aromatic carbocycles. The molecule has 2 aliphatic rings. The van der Waals surface area contributed by atoms with Gasteiger partial charge in [0.05, 0.1) is 6.61 Å². The minimum absolute atomic E-state index is 0.0577. The maximum absolute atomic E-state index is 12.0. The molecular weight excluding hydrogens is 342 g/mol. The maximum Gasteiger partial charge on any atom is 0.509 e. The summed E-state index contributed by atoms with van der Waals surface area (Å²) in [4.78, 5) is 38.3. The lowest BCUT2D eigenvalue weighted by molar-refractivity contribution is -0.0801. The van der Waals surface area contributed by atoms with E-state index < -0.39 is 42.5 Å². The van der Waals surface area contributed by atoms with E-state index in [0.29, 0.717) is 0 Å². The molecule has 2 fully saturated rings. The summed E-state index contributed by atoms with van der Waals surface area (Å²) in [7, 11) is 0. The van der Waals surface area contributed by atoms with Gasteiger partial charge in [0.2, 0.25) is 0 Å². The van der Waals surface area contributed by atoms with E-state index in [9.17, 15) is 14.4 Å². The molecule has 4 atom stereocenters. The Balaban J connectivity index is 1.78. The molecule has 1 aromatic rings. The van der Waals surface area contributed by atoms with Gasteiger partial charge in [0, 0.05) is 6.20 Å². The first-order valence-corrected chi connectivity index (χ1v) is 7.35. The quantitative estimate of drug-likeness (QED) is 0.542. The highest BCUT2D eigenvalue weighted by Gasteiger charge is 2.55. The van der Waals surface area contributed by atoms with Gasteiger partial charge in [-0.15, -0.1) is 0 Å². The monoisotopic (exact) mass is 357 g/mol. The Hall–Kier alpha value is -2.86. The van der Waals surface area contributed by atoms with Crippen LogP contribution in [0.2, 0.25) is 0 Å². The van der Waals surface area contributed by atoms with E-state index in [1.807, 2.05) is 0 Å². The summed E-state index contributed by atoms with van der Waals surface area (Å²) in [6, 6.07) is 1.32. The van der Waals surface area contributed by atoms with Crippen LogP contribution < -0.4 is 11.2 Å². The van der Waals surface area contributed by atoms with Crippen LogP contribution in [0.15, 0.2) is 17.1 Å². The molecule has 0 bridgehead atoms. The van der Waals surface area contributed by atoms with Crippen LogP contribution in [0.1, 0.15) is 13.2 Å². The van der Waals surface area contributed by atoms with Crippen LogP contribution in [-0.2, 0) is 23.7 Å². The molecule has 1 aromatic heterocycles. The third kappa shape index (κ3) is 3.34. The van der Waals surface area contributed by atoms with E-state index in [2.05, 4.69) is 9.72 Å². The Morgan fingerprint density at radius 1 is 1.36 bits per heavy atom. The van der Waals surface area contributed by atoms with Crippen molar-refractivity contribution in [2.75, 3.05) is 18.7 Å². The Morgan fingerprint density at radius 3 is 2.80 bits per heavy atom. The molecule has 0 aliphatic carbocycles. The van der Waals surface area contributed by atoms with Gasteiger partial charge >= 0.3 is 18.0 Å². The Morgan fingerprint density at radius 2 is 2.12 bits per heavy atom. The van der Waals surface area contributed by atoms with Crippen molar-refractivity contribution in [2.24, 2.45) is 0 Å².